The average molecular weight is 240 g/mol. The monoisotopic (exact) mass is 240 g/mol. The summed E-state index contributed by atoms with van der Waals surface area (Å²) in [7, 11) is 1.62. The Morgan fingerprint density at radius 1 is 1.24 bits per heavy atom. The van der Waals surface area contributed by atoms with Crippen LogP contribution < -0.4 is 4.74 Å². The highest BCUT2D eigenvalue weighted by atomic mass is 16.5. The second kappa shape index (κ2) is 8.06. The Hall–Kier alpha value is -1.10. The van der Waals surface area contributed by atoms with Crippen molar-refractivity contribution >= 4 is 0 Å². The van der Waals surface area contributed by atoms with Gasteiger partial charge in [0.05, 0.1) is 12.7 Å². The highest BCUT2D eigenvalue weighted by Crippen LogP contribution is 2.27. The zero-order valence-electron chi connectivity index (χ0n) is 10.1. The van der Waals surface area contributed by atoms with Crippen molar-refractivity contribution in [3.8, 4) is 5.75 Å². The lowest BCUT2D eigenvalue weighted by Crippen LogP contribution is -2.08. The second-order valence-corrected chi connectivity index (χ2v) is 3.76. The molecule has 0 aliphatic rings. The van der Waals surface area contributed by atoms with Gasteiger partial charge in [-0.1, -0.05) is 18.2 Å². The molecule has 0 amide bonds. The van der Waals surface area contributed by atoms with E-state index in [9.17, 15) is 5.11 Å². The van der Waals surface area contributed by atoms with Gasteiger partial charge in [0.2, 0.25) is 0 Å². The molecular weight excluding hydrogens is 220 g/mol. The van der Waals surface area contributed by atoms with Crippen molar-refractivity contribution in [2.75, 3.05) is 26.9 Å². The number of hydrogen-bond acceptors (Lipinski definition) is 4. The van der Waals surface area contributed by atoms with Gasteiger partial charge in [-0.3, -0.25) is 0 Å². The molecule has 0 bridgehead atoms. The van der Waals surface area contributed by atoms with Crippen LogP contribution in [0.2, 0.25) is 0 Å². The lowest BCUT2D eigenvalue weighted by Gasteiger charge is -2.15. The average Bonchev–Trinajstić information content (AvgIpc) is 2.37. The summed E-state index contributed by atoms with van der Waals surface area (Å²) in [6, 6.07) is 7.39. The Bertz CT molecular complexity index is 314. The molecule has 0 saturated heterocycles. The summed E-state index contributed by atoms with van der Waals surface area (Å²) in [5, 5.41) is 18.7. The molecule has 4 nitrogen and oxygen atoms in total. The van der Waals surface area contributed by atoms with Gasteiger partial charge in [-0.25, -0.2) is 0 Å². The van der Waals surface area contributed by atoms with Crippen molar-refractivity contribution < 1.29 is 19.7 Å². The van der Waals surface area contributed by atoms with Gasteiger partial charge in [-0.15, -0.1) is 0 Å². The van der Waals surface area contributed by atoms with E-state index in [4.69, 9.17) is 14.6 Å². The lowest BCUT2D eigenvalue weighted by atomic mass is 10.0. The number of aliphatic hydroxyl groups excluding tert-OH is 2. The Morgan fingerprint density at radius 3 is 2.71 bits per heavy atom. The van der Waals surface area contributed by atoms with Crippen molar-refractivity contribution in [1.29, 1.82) is 0 Å². The molecule has 0 spiro atoms. The standard InChI is InChI=1S/C13H20O4/c1-16-9-10-17-13-7-3-2-5-11(13)12(15)6-4-8-14/h2-3,5,7,12,14-15H,4,6,8-10H2,1H3. The molecule has 2 N–H and O–H groups in total. The zero-order chi connectivity index (χ0) is 12.5. The molecule has 4 heteroatoms. The molecule has 1 aromatic rings. The van der Waals surface area contributed by atoms with E-state index in [-0.39, 0.29) is 6.61 Å². The maximum absolute atomic E-state index is 9.97. The number of benzene rings is 1. The van der Waals surface area contributed by atoms with Crippen LogP contribution in [0.25, 0.3) is 0 Å². The normalized spacial score (nSPS) is 12.4. The fourth-order valence-corrected chi connectivity index (χ4v) is 1.56. The van der Waals surface area contributed by atoms with Gasteiger partial charge >= 0.3 is 0 Å². The molecule has 96 valence electrons. The van der Waals surface area contributed by atoms with Crippen LogP contribution in [0.5, 0.6) is 5.75 Å². The van der Waals surface area contributed by atoms with Gasteiger partial charge in [0.25, 0.3) is 0 Å². The van der Waals surface area contributed by atoms with Crippen molar-refractivity contribution in [2.24, 2.45) is 0 Å². The topological polar surface area (TPSA) is 58.9 Å². The number of para-hydroxylation sites is 1. The predicted octanol–water partition coefficient (Wildman–Crippen LogP) is 1.52. The summed E-state index contributed by atoms with van der Waals surface area (Å²) in [5.74, 6) is 0.676. The highest BCUT2D eigenvalue weighted by Gasteiger charge is 2.12. The van der Waals surface area contributed by atoms with Crippen molar-refractivity contribution in [3.05, 3.63) is 29.8 Å². The van der Waals surface area contributed by atoms with Gasteiger partial charge in [0.1, 0.15) is 12.4 Å². The van der Waals surface area contributed by atoms with Gasteiger partial charge < -0.3 is 19.7 Å². The molecule has 1 atom stereocenters. The molecule has 0 aliphatic carbocycles. The maximum atomic E-state index is 9.97. The third kappa shape index (κ3) is 4.73. The number of methoxy groups -OCH3 is 1. The first-order valence-electron chi connectivity index (χ1n) is 5.79. The molecule has 0 fully saturated rings. The largest absolute Gasteiger partial charge is 0.491 e. The van der Waals surface area contributed by atoms with E-state index in [1.54, 1.807) is 7.11 Å². The first-order chi connectivity index (χ1) is 8.29. The molecule has 17 heavy (non-hydrogen) atoms. The molecule has 0 aromatic heterocycles. The van der Waals surface area contributed by atoms with Crippen LogP contribution >= 0.6 is 0 Å². The van der Waals surface area contributed by atoms with Gasteiger partial charge in [0, 0.05) is 19.3 Å². The first-order valence-corrected chi connectivity index (χ1v) is 5.79. The zero-order valence-corrected chi connectivity index (χ0v) is 10.1. The fourth-order valence-electron chi connectivity index (χ4n) is 1.56. The van der Waals surface area contributed by atoms with Crippen molar-refractivity contribution in [1.82, 2.24) is 0 Å². The Labute approximate surface area is 102 Å². The number of rotatable bonds is 8. The summed E-state index contributed by atoms with van der Waals surface area (Å²) in [4.78, 5) is 0. The maximum Gasteiger partial charge on any atom is 0.125 e. The summed E-state index contributed by atoms with van der Waals surface area (Å²) in [6.45, 7) is 1.06. The Balaban J connectivity index is 2.62. The molecular formula is C13H20O4. The van der Waals surface area contributed by atoms with Crippen LogP contribution in [0, 0.1) is 0 Å². The second-order valence-electron chi connectivity index (χ2n) is 3.76. The van der Waals surface area contributed by atoms with Crippen molar-refractivity contribution in [2.45, 2.75) is 18.9 Å². The Kier molecular flexibility index (Phi) is 6.62. The van der Waals surface area contributed by atoms with Crippen LogP contribution in [-0.4, -0.2) is 37.1 Å². The minimum atomic E-state index is -0.596. The first kappa shape index (κ1) is 14.0. The molecule has 1 unspecified atom stereocenters. The number of hydrogen-bond donors (Lipinski definition) is 2. The van der Waals surface area contributed by atoms with E-state index in [0.29, 0.717) is 31.8 Å². The van der Waals surface area contributed by atoms with Crippen LogP contribution in [0.15, 0.2) is 24.3 Å². The van der Waals surface area contributed by atoms with E-state index in [1.165, 1.54) is 0 Å². The van der Waals surface area contributed by atoms with E-state index >= 15 is 0 Å². The van der Waals surface area contributed by atoms with Crippen LogP contribution in [0.3, 0.4) is 0 Å². The highest BCUT2D eigenvalue weighted by molar-refractivity contribution is 5.35. The summed E-state index contributed by atoms with van der Waals surface area (Å²) >= 11 is 0. The third-order valence-electron chi connectivity index (χ3n) is 2.46. The molecule has 0 aliphatic heterocycles. The molecule has 1 aromatic carbocycles. The van der Waals surface area contributed by atoms with Gasteiger partial charge in [-0.05, 0) is 18.9 Å². The molecule has 0 saturated carbocycles. The van der Waals surface area contributed by atoms with Crippen LogP contribution in [-0.2, 0) is 4.74 Å². The SMILES string of the molecule is COCCOc1ccccc1C(O)CCCO. The lowest BCUT2D eigenvalue weighted by molar-refractivity contribution is 0.132. The minimum absolute atomic E-state index is 0.0871. The van der Waals surface area contributed by atoms with E-state index in [0.717, 1.165) is 5.56 Å². The number of aliphatic hydroxyl groups is 2. The molecule has 0 heterocycles. The van der Waals surface area contributed by atoms with E-state index in [1.807, 2.05) is 24.3 Å². The van der Waals surface area contributed by atoms with Crippen molar-refractivity contribution in [3.63, 3.8) is 0 Å². The van der Waals surface area contributed by atoms with E-state index in [2.05, 4.69) is 0 Å². The smallest absolute Gasteiger partial charge is 0.125 e. The van der Waals surface area contributed by atoms with Gasteiger partial charge in [0.15, 0.2) is 0 Å². The fraction of sp³-hybridized carbons (Fsp3) is 0.538. The third-order valence-corrected chi connectivity index (χ3v) is 2.46. The number of ether oxygens (including phenoxy) is 2. The van der Waals surface area contributed by atoms with Crippen LogP contribution in [0.1, 0.15) is 24.5 Å². The van der Waals surface area contributed by atoms with Crippen LogP contribution in [0.4, 0.5) is 0 Å². The minimum Gasteiger partial charge on any atom is -0.491 e. The van der Waals surface area contributed by atoms with E-state index < -0.39 is 6.10 Å². The molecule has 0 radical (unpaired) electrons. The van der Waals surface area contributed by atoms with Gasteiger partial charge in [-0.2, -0.15) is 0 Å². The predicted molar refractivity (Wildman–Crippen MR) is 65.1 cm³/mol. The molecule has 1 rings (SSSR count). The summed E-state index contributed by atoms with van der Waals surface area (Å²) in [5.41, 5.74) is 0.761. The summed E-state index contributed by atoms with van der Waals surface area (Å²) in [6.07, 6.45) is 0.509. The Morgan fingerprint density at radius 2 is 2.00 bits per heavy atom. The quantitative estimate of drug-likeness (QED) is 0.676. The summed E-state index contributed by atoms with van der Waals surface area (Å²) < 4.78 is 10.4.